The van der Waals surface area contributed by atoms with Crippen molar-refractivity contribution in [2.75, 3.05) is 13.6 Å². The van der Waals surface area contributed by atoms with Crippen LogP contribution in [0.1, 0.15) is 33.6 Å². The third-order valence-corrected chi connectivity index (χ3v) is 5.28. The molecule has 0 radical (unpaired) electrons. The Labute approximate surface area is 87.5 Å². The maximum absolute atomic E-state index is 11.9. The van der Waals surface area contributed by atoms with E-state index in [9.17, 15) is 8.42 Å². The number of nitrogens with zero attached hydrogens (tertiary/aromatic N) is 1. The molecule has 5 heteroatoms. The van der Waals surface area contributed by atoms with Crippen LogP contribution < -0.4 is 5.73 Å². The van der Waals surface area contributed by atoms with E-state index >= 15 is 0 Å². The summed E-state index contributed by atoms with van der Waals surface area (Å²) in [6.45, 7) is 5.92. The first-order valence-electron chi connectivity index (χ1n) is 5.08. The fourth-order valence-electron chi connectivity index (χ4n) is 1.24. The molecule has 0 rings (SSSR count). The smallest absolute Gasteiger partial charge is 0.218 e. The van der Waals surface area contributed by atoms with Crippen LogP contribution in [0.4, 0.5) is 0 Å². The summed E-state index contributed by atoms with van der Waals surface area (Å²) < 4.78 is 25.3. The maximum Gasteiger partial charge on any atom is 0.218 e. The average Bonchev–Trinajstić information content (AvgIpc) is 2.16. The van der Waals surface area contributed by atoms with Gasteiger partial charge >= 0.3 is 0 Å². The number of nitrogens with two attached hydrogens (primary N) is 1. The van der Waals surface area contributed by atoms with Gasteiger partial charge in [0, 0.05) is 19.6 Å². The monoisotopic (exact) mass is 222 g/mol. The van der Waals surface area contributed by atoms with Gasteiger partial charge < -0.3 is 5.73 Å². The molecule has 0 aliphatic heterocycles. The van der Waals surface area contributed by atoms with Crippen molar-refractivity contribution in [3.05, 3.63) is 0 Å². The van der Waals surface area contributed by atoms with Gasteiger partial charge in [-0.1, -0.05) is 13.8 Å². The van der Waals surface area contributed by atoms with Crippen molar-refractivity contribution in [2.45, 2.75) is 44.9 Å². The Morgan fingerprint density at radius 2 is 1.79 bits per heavy atom. The van der Waals surface area contributed by atoms with Crippen LogP contribution in [0.2, 0.25) is 0 Å². The van der Waals surface area contributed by atoms with Crippen LogP contribution in [0, 0.1) is 0 Å². The minimum Gasteiger partial charge on any atom is -0.329 e. The SMILES string of the molecule is CCC(C)N(C)S(=O)(=O)C(CC)CN. The molecule has 0 aromatic carbocycles. The Morgan fingerprint density at radius 1 is 1.29 bits per heavy atom. The molecule has 0 spiro atoms. The largest absolute Gasteiger partial charge is 0.329 e. The summed E-state index contributed by atoms with van der Waals surface area (Å²) in [5.41, 5.74) is 5.44. The Bertz CT molecular complexity index is 248. The molecule has 4 nitrogen and oxygen atoms in total. The summed E-state index contributed by atoms with van der Waals surface area (Å²) in [4.78, 5) is 0. The molecule has 0 aliphatic carbocycles. The van der Waals surface area contributed by atoms with E-state index in [0.717, 1.165) is 6.42 Å². The molecule has 0 bridgehead atoms. The van der Waals surface area contributed by atoms with Crippen LogP contribution in [0.5, 0.6) is 0 Å². The van der Waals surface area contributed by atoms with Crippen molar-refractivity contribution < 1.29 is 8.42 Å². The summed E-state index contributed by atoms with van der Waals surface area (Å²) in [6.07, 6.45) is 1.39. The highest BCUT2D eigenvalue weighted by Crippen LogP contribution is 2.14. The van der Waals surface area contributed by atoms with Crippen LogP contribution in [0.25, 0.3) is 0 Å². The molecule has 0 aromatic heterocycles. The van der Waals surface area contributed by atoms with Gasteiger partial charge in [0.15, 0.2) is 0 Å². The summed E-state index contributed by atoms with van der Waals surface area (Å²) >= 11 is 0. The predicted molar refractivity (Wildman–Crippen MR) is 59.6 cm³/mol. The lowest BCUT2D eigenvalue weighted by Gasteiger charge is -2.27. The number of hydrogen-bond donors (Lipinski definition) is 1. The number of hydrogen-bond acceptors (Lipinski definition) is 3. The van der Waals surface area contributed by atoms with Crippen molar-refractivity contribution >= 4 is 10.0 Å². The molecule has 2 unspecified atom stereocenters. The van der Waals surface area contributed by atoms with Gasteiger partial charge in [0.2, 0.25) is 10.0 Å². The highest BCUT2D eigenvalue weighted by Gasteiger charge is 2.29. The molecule has 0 saturated heterocycles. The van der Waals surface area contributed by atoms with Gasteiger partial charge in [-0.3, -0.25) is 0 Å². The fourth-order valence-corrected chi connectivity index (χ4v) is 3.03. The molecule has 14 heavy (non-hydrogen) atoms. The fraction of sp³-hybridized carbons (Fsp3) is 1.00. The van der Waals surface area contributed by atoms with E-state index in [1.807, 2.05) is 20.8 Å². The van der Waals surface area contributed by atoms with Crippen LogP contribution in [0.15, 0.2) is 0 Å². The van der Waals surface area contributed by atoms with E-state index < -0.39 is 15.3 Å². The van der Waals surface area contributed by atoms with Crippen LogP contribution in [-0.4, -0.2) is 37.6 Å². The highest BCUT2D eigenvalue weighted by atomic mass is 32.2. The summed E-state index contributed by atoms with van der Waals surface area (Å²) in [6, 6.07) is 0.0422. The van der Waals surface area contributed by atoms with Gasteiger partial charge in [0.1, 0.15) is 0 Å². The third kappa shape index (κ3) is 2.93. The van der Waals surface area contributed by atoms with Crippen molar-refractivity contribution in [2.24, 2.45) is 5.73 Å². The van der Waals surface area contributed by atoms with Crippen LogP contribution in [0.3, 0.4) is 0 Å². The molecule has 2 atom stereocenters. The predicted octanol–water partition coefficient (Wildman–Crippen LogP) is 0.784. The first kappa shape index (κ1) is 13.9. The second kappa shape index (κ2) is 5.68. The Kier molecular flexibility index (Phi) is 5.63. The van der Waals surface area contributed by atoms with Gasteiger partial charge in [0.25, 0.3) is 0 Å². The summed E-state index contributed by atoms with van der Waals surface area (Å²) in [7, 11) is -1.58. The maximum atomic E-state index is 11.9. The van der Waals surface area contributed by atoms with Crippen LogP contribution in [-0.2, 0) is 10.0 Å². The zero-order chi connectivity index (χ0) is 11.4. The quantitative estimate of drug-likeness (QED) is 0.722. The van der Waals surface area contributed by atoms with Crippen molar-refractivity contribution in [1.82, 2.24) is 4.31 Å². The first-order chi connectivity index (χ1) is 6.41. The highest BCUT2D eigenvalue weighted by molar-refractivity contribution is 7.89. The van der Waals surface area contributed by atoms with E-state index in [1.54, 1.807) is 7.05 Å². The second-order valence-electron chi connectivity index (χ2n) is 3.58. The zero-order valence-electron chi connectivity index (χ0n) is 9.53. The molecule has 0 saturated carbocycles. The number of sulfonamides is 1. The molecular formula is C9H22N2O2S. The van der Waals surface area contributed by atoms with Gasteiger partial charge in [-0.2, -0.15) is 0 Å². The van der Waals surface area contributed by atoms with Crippen molar-refractivity contribution in [1.29, 1.82) is 0 Å². The topological polar surface area (TPSA) is 63.4 Å². The number of rotatable bonds is 6. The van der Waals surface area contributed by atoms with E-state index in [4.69, 9.17) is 5.73 Å². The second-order valence-corrected chi connectivity index (χ2v) is 5.86. The van der Waals surface area contributed by atoms with Crippen molar-refractivity contribution in [3.8, 4) is 0 Å². The summed E-state index contributed by atoms with van der Waals surface area (Å²) in [5.74, 6) is 0. The van der Waals surface area contributed by atoms with Crippen molar-refractivity contribution in [3.63, 3.8) is 0 Å². The minimum absolute atomic E-state index is 0.0422. The lowest BCUT2D eigenvalue weighted by Crippen LogP contribution is -2.43. The van der Waals surface area contributed by atoms with Gasteiger partial charge in [-0.15, -0.1) is 0 Å². The van der Waals surface area contributed by atoms with Gasteiger partial charge in [0.05, 0.1) is 5.25 Å². The molecule has 0 fully saturated rings. The first-order valence-corrected chi connectivity index (χ1v) is 6.58. The average molecular weight is 222 g/mol. The molecule has 0 heterocycles. The van der Waals surface area contributed by atoms with E-state index in [0.29, 0.717) is 6.42 Å². The zero-order valence-corrected chi connectivity index (χ0v) is 10.3. The molecule has 2 N–H and O–H groups in total. The van der Waals surface area contributed by atoms with Gasteiger partial charge in [-0.05, 0) is 19.8 Å². The lowest BCUT2D eigenvalue weighted by atomic mass is 10.3. The Balaban J connectivity index is 4.76. The van der Waals surface area contributed by atoms with Crippen LogP contribution >= 0.6 is 0 Å². The molecular weight excluding hydrogens is 200 g/mol. The van der Waals surface area contributed by atoms with E-state index in [1.165, 1.54) is 4.31 Å². The normalized spacial score (nSPS) is 17.0. The van der Waals surface area contributed by atoms with E-state index in [-0.39, 0.29) is 12.6 Å². The standard InChI is InChI=1S/C9H22N2O2S/c1-5-8(3)11(4)14(12,13)9(6-2)7-10/h8-9H,5-7,10H2,1-4H3. The molecule has 86 valence electrons. The summed E-state index contributed by atoms with van der Waals surface area (Å²) in [5, 5.41) is -0.443. The molecule has 0 aliphatic rings. The van der Waals surface area contributed by atoms with E-state index in [2.05, 4.69) is 0 Å². The molecule has 0 amide bonds. The Morgan fingerprint density at radius 3 is 2.07 bits per heavy atom. The van der Waals surface area contributed by atoms with Gasteiger partial charge in [-0.25, -0.2) is 12.7 Å². The Hall–Kier alpha value is -0.130. The third-order valence-electron chi connectivity index (χ3n) is 2.75. The lowest BCUT2D eigenvalue weighted by molar-refractivity contribution is 0.374. The minimum atomic E-state index is -3.20. The molecule has 0 aromatic rings.